The van der Waals surface area contributed by atoms with Crippen LogP contribution in [0.4, 0.5) is 0 Å². The van der Waals surface area contributed by atoms with E-state index in [0.717, 1.165) is 44.2 Å². The summed E-state index contributed by atoms with van der Waals surface area (Å²) in [5.41, 5.74) is 6.43. The fraction of sp³-hybridized carbons (Fsp3) is 0.696. The Hall–Kier alpha value is -1.29. The van der Waals surface area contributed by atoms with E-state index in [0.29, 0.717) is 17.7 Å². The third kappa shape index (κ3) is 3.46. The number of nitrogens with zero attached hydrogens (tertiary/aromatic N) is 2. The number of fused-ring (bicyclic) bond motifs is 3. The quantitative estimate of drug-likeness (QED) is 0.767. The molecule has 1 aromatic rings. The summed E-state index contributed by atoms with van der Waals surface area (Å²) in [5.74, 6) is 3.52. The molecule has 1 aliphatic carbocycles. The van der Waals surface area contributed by atoms with Crippen molar-refractivity contribution in [3.8, 4) is 0 Å². The van der Waals surface area contributed by atoms with E-state index < -0.39 is 0 Å². The van der Waals surface area contributed by atoms with Gasteiger partial charge in [0.05, 0.1) is 0 Å². The summed E-state index contributed by atoms with van der Waals surface area (Å²) < 4.78 is 0. The predicted molar refractivity (Wildman–Crippen MR) is 112 cm³/mol. The predicted octanol–water partition coefficient (Wildman–Crippen LogP) is 2.95. The average molecular weight is 364 g/mol. The first-order valence-electron chi connectivity index (χ1n) is 11.2. The van der Waals surface area contributed by atoms with E-state index in [9.17, 15) is 4.79 Å². The van der Waals surface area contributed by atoms with Gasteiger partial charge in [0, 0.05) is 26.1 Å². The van der Waals surface area contributed by atoms with Crippen LogP contribution in [0.5, 0.6) is 0 Å². The van der Waals surface area contributed by atoms with E-state index in [4.69, 9.17) is 0 Å². The van der Waals surface area contributed by atoms with Gasteiger partial charge >= 0.3 is 0 Å². The van der Waals surface area contributed by atoms with Crippen LogP contribution in [0.1, 0.15) is 53.9 Å². The fourth-order valence-corrected chi connectivity index (χ4v) is 6.03. The molecular weight excluding hydrogens is 331 g/mol. The molecule has 4 aliphatic rings. The highest BCUT2D eigenvalue weighted by Gasteiger charge is 2.43. The van der Waals surface area contributed by atoms with Crippen molar-refractivity contribution < 1.29 is 4.79 Å². The molecule has 3 atom stereocenters. The van der Waals surface area contributed by atoms with E-state index in [1.54, 1.807) is 22.3 Å². The van der Waals surface area contributed by atoms with Gasteiger partial charge in [-0.15, -0.1) is 0 Å². The fourth-order valence-electron chi connectivity index (χ4n) is 6.03. The molecule has 1 saturated carbocycles. The van der Waals surface area contributed by atoms with Crippen LogP contribution in [-0.4, -0.2) is 56.2 Å². The van der Waals surface area contributed by atoms with Crippen LogP contribution in [0.2, 0.25) is 5.82 Å². The van der Waals surface area contributed by atoms with Gasteiger partial charge in [-0.05, 0) is 79.8 Å². The van der Waals surface area contributed by atoms with Gasteiger partial charge in [0.2, 0.25) is 5.91 Å². The lowest BCUT2D eigenvalue weighted by Crippen LogP contribution is -2.51. The van der Waals surface area contributed by atoms with Crippen LogP contribution in [0.25, 0.3) is 0 Å². The van der Waals surface area contributed by atoms with Gasteiger partial charge in [-0.25, -0.2) is 0 Å². The number of hydrogen-bond acceptors (Lipinski definition) is 2. The van der Waals surface area contributed by atoms with Gasteiger partial charge < -0.3 is 9.80 Å². The number of likely N-dealkylation sites (tertiary alicyclic amines) is 2. The van der Waals surface area contributed by atoms with Crippen LogP contribution in [0.15, 0.2) is 12.1 Å². The molecule has 0 spiro atoms. The van der Waals surface area contributed by atoms with Crippen LogP contribution in [0.3, 0.4) is 0 Å². The summed E-state index contributed by atoms with van der Waals surface area (Å²) in [5, 5.41) is 0. The molecule has 2 saturated heterocycles. The van der Waals surface area contributed by atoms with Crippen molar-refractivity contribution in [2.75, 3.05) is 33.2 Å². The van der Waals surface area contributed by atoms with Crippen molar-refractivity contribution in [3.05, 3.63) is 34.4 Å². The first kappa shape index (κ1) is 17.8. The van der Waals surface area contributed by atoms with E-state index in [1.807, 2.05) is 0 Å². The maximum atomic E-state index is 12.6. The minimum absolute atomic E-state index is 0.397. The molecule has 0 aromatic heterocycles. The SMILES string of the molecule is Cc1c(CC2CN(C(=O)CC3CCCN(C)C3)C2)ccc2c1CBC1CC21. The molecule has 3 heterocycles. The van der Waals surface area contributed by atoms with E-state index in [2.05, 4.69) is 35.9 Å². The van der Waals surface area contributed by atoms with Gasteiger partial charge in [-0.1, -0.05) is 30.7 Å². The highest BCUT2D eigenvalue weighted by atomic mass is 16.2. The lowest BCUT2D eigenvalue weighted by Gasteiger charge is -2.41. The minimum atomic E-state index is 0.397. The Bertz CT molecular complexity index is 742. The molecule has 5 rings (SSSR count). The molecule has 3 fully saturated rings. The number of rotatable bonds is 4. The number of amides is 1. The highest BCUT2D eigenvalue weighted by Crippen LogP contribution is 2.56. The molecule has 3 nitrogen and oxygen atoms in total. The topological polar surface area (TPSA) is 23.6 Å². The Morgan fingerprint density at radius 2 is 2.07 bits per heavy atom. The Balaban J connectivity index is 1.15. The molecular formula is C23H33BN2O. The number of piperidine rings is 1. The van der Waals surface area contributed by atoms with Gasteiger partial charge in [0.1, 0.15) is 7.28 Å². The van der Waals surface area contributed by atoms with E-state index in [1.165, 1.54) is 39.4 Å². The van der Waals surface area contributed by atoms with Crippen molar-refractivity contribution in [3.63, 3.8) is 0 Å². The zero-order valence-electron chi connectivity index (χ0n) is 17.0. The summed E-state index contributed by atoms with van der Waals surface area (Å²) >= 11 is 0. The molecule has 0 bridgehead atoms. The molecule has 0 N–H and O–H groups in total. The van der Waals surface area contributed by atoms with Gasteiger partial charge in [0.15, 0.2) is 0 Å². The molecule has 4 heteroatoms. The van der Waals surface area contributed by atoms with Crippen molar-refractivity contribution in [1.82, 2.24) is 9.80 Å². The molecule has 1 amide bonds. The summed E-state index contributed by atoms with van der Waals surface area (Å²) in [6.45, 7) is 6.58. The third-order valence-corrected chi connectivity index (χ3v) is 7.84. The summed E-state index contributed by atoms with van der Waals surface area (Å²) in [6.07, 6.45) is 7.12. The second kappa shape index (κ2) is 6.95. The monoisotopic (exact) mass is 364 g/mol. The first-order chi connectivity index (χ1) is 13.1. The highest BCUT2D eigenvalue weighted by molar-refractivity contribution is 6.39. The lowest BCUT2D eigenvalue weighted by molar-refractivity contribution is -0.138. The van der Waals surface area contributed by atoms with Crippen molar-refractivity contribution in [2.24, 2.45) is 11.8 Å². The maximum Gasteiger partial charge on any atom is 0.222 e. The number of carbonyl (C=O) groups excluding carboxylic acids is 1. The van der Waals surface area contributed by atoms with Crippen LogP contribution in [-0.2, 0) is 17.5 Å². The maximum absolute atomic E-state index is 12.6. The molecule has 27 heavy (non-hydrogen) atoms. The number of hydrogen-bond donors (Lipinski definition) is 0. The van der Waals surface area contributed by atoms with Crippen LogP contribution in [0, 0.1) is 18.8 Å². The largest absolute Gasteiger partial charge is 0.342 e. The van der Waals surface area contributed by atoms with Crippen molar-refractivity contribution >= 4 is 13.2 Å². The Morgan fingerprint density at radius 1 is 1.22 bits per heavy atom. The lowest BCUT2D eigenvalue weighted by atomic mass is 9.60. The van der Waals surface area contributed by atoms with Crippen LogP contribution < -0.4 is 0 Å². The number of benzene rings is 1. The minimum Gasteiger partial charge on any atom is -0.342 e. The molecule has 3 unspecified atom stereocenters. The van der Waals surface area contributed by atoms with Gasteiger partial charge in [-0.3, -0.25) is 4.79 Å². The summed E-state index contributed by atoms with van der Waals surface area (Å²) in [4.78, 5) is 17.1. The van der Waals surface area contributed by atoms with Gasteiger partial charge in [-0.2, -0.15) is 0 Å². The Morgan fingerprint density at radius 3 is 2.89 bits per heavy atom. The van der Waals surface area contributed by atoms with Crippen LogP contribution >= 0.6 is 0 Å². The normalized spacial score (nSPS) is 30.1. The molecule has 144 valence electrons. The van der Waals surface area contributed by atoms with E-state index >= 15 is 0 Å². The zero-order chi connectivity index (χ0) is 18.5. The number of carbonyl (C=O) groups is 1. The molecule has 0 radical (unpaired) electrons. The standard InChI is InChI=1S/C23H33BN2O/c1-15-18(5-6-19-20-10-22(20)24-11-21(15)19)8-17-13-26(14-17)23(27)9-16-4-3-7-25(2)12-16/h5-6,16-17,20,22,24H,3-4,7-14H2,1-2H3. The smallest absolute Gasteiger partial charge is 0.222 e. The summed E-state index contributed by atoms with van der Waals surface area (Å²) in [6, 6.07) is 4.83. The average Bonchev–Trinajstić information content (AvgIpc) is 3.39. The third-order valence-electron chi connectivity index (χ3n) is 7.84. The first-order valence-corrected chi connectivity index (χ1v) is 11.2. The zero-order valence-corrected chi connectivity index (χ0v) is 17.0. The Labute approximate surface area is 164 Å². The van der Waals surface area contributed by atoms with Crippen molar-refractivity contribution in [1.29, 1.82) is 0 Å². The van der Waals surface area contributed by atoms with Crippen molar-refractivity contribution in [2.45, 2.75) is 57.1 Å². The second-order valence-electron chi connectivity index (χ2n) is 9.90. The van der Waals surface area contributed by atoms with Gasteiger partial charge in [0.25, 0.3) is 0 Å². The summed E-state index contributed by atoms with van der Waals surface area (Å²) in [7, 11) is 3.59. The molecule has 1 aromatic carbocycles. The second-order valence-corrected chi connectivity index (χ2v) is 9.90. The molecule has 3 aliphatic heterocycles. The Kier molecular flexibility index (Phi) is 4.58. The van der Waals surface area contributed by atoms with E-state index in [-0.39, 0.29) is 0 Å².